The molecule has 0 spiro atoms. The molecule has 1 aliphatic rings. The molecule has 1 aromatic carbocycles. The third-order valence-corrected chi connectivity index (χ3v) is 3.83. The number of fused-ring (bicyclic) bond motifs is 1. The van der Waals surface area contributed by atoms with Gasteiger partial charge in [-0.2, -0.15) is 0 Å². The number of nitrogens with one attached hydrogen (secondary N) is 1. The van der Waals surface area contributed by atoms with Gasteiger partial charge in [-0.1, -0.05) is 0 Å². The summed E-state index contributed by atoms with van der Waals surface area (Å²) in [7, 11) is 0. The number of furan rings is 1. The van der Waals surface area contributed by atoms with Crippen molar-refractivity contribution in [1.29, 1.82) is 0 Å². The Kier molecular flexibility index (Phi) is 4.03. The first-order valence-corrected chi connectivity index (χ1v) is 7.82. The van der Waals surface area contributed by atoms with Crippen molar-refractivity contribution in [3.8, 4) is 11.5 Å². The summed E-state index contributed by atoms with van der Waals surface area (Å²) in [6.07, 6.45) is 0.994. The van der Waals surface area contributed by atoms with Crippen LogP contribution in [0, 0.1) is 13.8 Å². The van der Waals surface area contributed by atoms with E-state index in [1.807, 2.05) is 32.9 Å². The Balaban J connectivity index is 1.91. The molecular formula is C18H21NO4. The predicted molar refractivity (Wildman–Crippen MR) is 87.5 cm³/mol. The second-order valence-electron chi connectivity index (χ2n) is 5.80. The number of hydrogen-bond donors (Lipinski definition) is 1. The molecule has 122 valence electrons. The van der Waals surface area contributed by atoms with E-state index in [0.717, 1.165) is 17.7 Å². The van der Waals surface area contributed by atoms with Gasteiger partial charge in [0.25, 0.3) is 5.91 Å². The molecule has 0 saturated heterocycles. The largest absolute Gasteiger partial charge is 0.492 e. The van der Waals surface area contributed by atoms with Crippen LogP contribution in [0.1, 0.15) is 41.3 Å². The van der Waals surface area contributed by atoms with Gasteiger partial charge in [0.2, 0.25) is 0 Å². The average molecular weight is 315 g/mol. The molecule has 1 amide bonds. The number of hydrogen-bond acceptors (Lipinski definition) is 4. The Bertz CT molecular complexity index is 748. The standard InChI is InChI=1S/C18H21NO4/c1-5-21-17-8-13-6-10(2)23-16(13)9-15(17)19-18(20)14-7-11(3)22-12(14)4/h7-10H,5-6H2,1-4H3,(H,19,20). The Hall–Kier alpha value is -2.43. The van der Waals surface area contributed by atoms with Crippen molar-refractivity contribution < 1.29 is 18.7 Å². The molecule has 1 unspecified atom stereocenters. The van der Waals surface area contributed by atoms with Gasteiger partial charge in [0.15, 0.2) is 0 Å². The van der Waals surface area contributed by atoms with Gasteiger partial charge in [0.1, 0.15) is 29.1 Å². The van der Waals surface area contributed by atoms with Gasteiger partial charge in [-0.25, -0.2) is 0 Å². The van der Waals surface area contributed by atoms with E-state index in [2.05, 4.69) is 5.32 Å². The molecule has 5 nitrogen and oxygen atoms in total. The minimum atomic E-state index is -0.216. The lowest BCUT2D eigenvalue weighted by molar-refractivity contribution is 0.102. The highest BCUT2D eigenvalue weighted by molar-refractivity contribution is 6.06. The molecule has 1 N–H and O–H groups in total. The fraction of sp³-hybridized carbons (Fsp3) is 0.389. The van der Waals surface area contributed by atoms with E-state index in [1.165, 1.54) is 0 Å². The van der Waals surface area contributed by atoms with Gasteiger partial charge in [-0.3, -0.25) is 4.79 Å². The van der Waals surface area contributed by atoms with Gasteiger partial charge in [0.05, 0.1) is 17.9 Å². The Morgan fingerprint density at radius 3 is 2.78 bits per heavy atom. The molecular weight excluding hydrogens is 294 g/mol. The van der Waals surface area contributed by atoms with Crippen LogP contribution >= 0.6 is 0 Å². The van der Waals surface area contributed by atoms with Crippen LogP contribution in [0.25, 0.3) is 0 Å². The Labute approximate surface area is 135 Å². The van der Waals surface area contributed by atoms with Crippen molar-refractivity contribution in [1.82, 2.24) is 0 Å². The van der Waals surface area contributed by atoms with Crippen molar-refractivity contribution in [3.63, 3.8) is 0 Å². The van der Waals surface area contributed by atoms with E-state index in [9.17, 15) is 4.79 Å². The molecule has 2 heterocycles. The van der Waals surface area contributed by atoms with Crippen LogP contribution in [0.5, 0.6) is 11.5 Å². The van der Waals surface area contributed by atoms with Crippen molar-refractivity contribution in [2.24, 2.45) is 0 Å². The summed E-state index contributed by atoms with van der Waals surface area (Å²) in [5.41, 5.74) is 2.25. The third-order valence-electron chi connectivity index (χ3n) is 3.83. The zero-order chi connectivity index (χ0) is 16.6. The number of carbonyl (C=O) groups is 1. The summed E-state index contributed by atoms with van der Waals surface area (Å²) < 4.78 is 16.9. The van der Waals surface area contributed by atoms with Crippen molar-refractivity contribution >= 4 is 11.6 Å². The lowest BCUT2D eigenvalue weighted by Crippen LogP contribution is -2.13. The number of anilines is 1. The summed E-state index contributed by atoms with van der Waals surface area (Å²) in [6, 6.07) is 5.52. The minimum Gasteiger partial charge on any atom is -0.492 e. The predicted octanol–water partition coefficient (Wildman–Crippen LogP) is 3.87. The molecule has 0 aliphatic carbocycles. The highest BCUT2D eigenvalue weighted by Crippen LogP contribution is 2.38. The summed E-state index contributed by atoms with van der Waals surface area (Å²) >= 11 is 0. The first kappa shape index (κ1) is 15.5. The van der Waals surface area contributed by atoms with Crippen LogP contribution < -0.4 is 14.8 Å². The van der Waals surface area contributed by atoms with E-state index < -0.39 is 0 Å². The van der Waals surface area contributed by atoms with Gasteiger partial charge < -0.3 is 19.2 Å². The number of amides is 1. The molecule has 23 heavy (non-hydrogen) atoms. The van der Waals surface area contributed by atoms with Crippen LogP contribution in [0.2, 0.25) is 0 Å². The van der Waals surface area contributed by atoms with Crippen LogP contribution in [0.15, 0.2) is 22.6 Å². The highest BCUT2D eigenvalue weighted by atomic mass is 16.5. The van der Waals surface area contributed by atoms with Crippen LogP contribution in [0.3, 0.4) is 0 Å². The maximum absolute atomic E-state index is 12.5. The van der Waals surface area contributed by atoms with Crippen LogP contribution in [-0.4, -0.2) is 18.6 Å². The number of benzene rings is 1. The number of ether oxygens (including phenoxy) is 2. The Morgan fingerprint density at radius 1 is 1.35 bits per heavy atom. The fourth-order valence-corrected chi connectivity index (χ4v) is 2.86. The van der Waals surface area contributed by atoms with E-state index in [4.69, 9.17) is 13.9 Å². The maximum Gasteiger partial charge on any atom is 0.259 e. The fourth-order valence-electron chi connectivity index (χ4n) is 2.86. The van der Waals surface area contributed by atoms with Crippen LogP contribution in [-0.2, 0) is 6.42 Å². The zero-order valence-electron chi connectivity index (χ0n) is 13.9. The average Bonchev–Trinajstić information content (AvgIpc) is 3.00. The summed E-state index contributed by atoms with van der Waals surface area (Å²) in [6.45, 7) is 8.07. The lowest BCUT2D eigenvalue weighted by Gasteiger charge is -2.13. The Morgan fingerprint density at radius 2 is 2.13 bits per heavy atom. The van der Waals surface area contributed by atoms with Gasteiger partial charge >= 0.3 is 0 Å². The molecule has 1 aliphatic heterocycles. The topological polar surface area (TPSA) is 60.7 Å². The van der Waals surface area contributed by atoms with Crippen LogP contribution in [0.4, 0.5) is 5.69 Å². The SMILES string of the molecule is CCOc1cc2c(cc1NC(=O)c1cc(C)oc1C)OC(C)C2. The van der Waals surface area contributed by atoms with Gasteiger partial charge in [-0.15, -0.1) is 0 Å². The quantitative estimate of drug-likeness (QED) is 0.930. The van der Waals surface area contributed by atoms with Gasteiger partial charge in [-0.05, 0) is 39.8 Å². The zero-order valence-corrected chi connectivity index (χ0v) is 13.9. The monoisotopic (exact) mass is 315 g/mol. The van der Waals surface area contributed by atoms with Crippen molar-refractivity contribution in [3.05, 3.63) is 40.8 Å². The van der Waals surface area contributed by atoms with Crippen molar-refractivity contribution in [2.45, 2.75) is 40.2 Å². The number of rotatable bonds is 4. The molecule has 0 bridgehead atoms. The third kappa shape index (κ3) is 3.04. The highest BCUT2D eigenvalue weighted by Gasteiger charge is 2.23. The summed E-state index contributed by atoms with van der Waals surface area (Å²) in [4.78, 5) is 12.5. The first-order valence-electron chi connectivity index (χ1n) is 7.82. The lowest BCUT2D eigenvalue weighted by atomic mass is 10.1. The molecule has 1 aromatic heterocycles. The molecule has 3 rings (SSSR count). The normalized spacial score (nSPS) is 15.9. The van der Waals surface area contributed by atoms with E-state index in [1.54, 1.807) is 13.0 Å². The van der Waals surface area contributed by atoms with E-state index in [0.29, 0.717) is 35.1 Å². The smallest absolute Gasteiger partial charge is 0.259 e. The first-order chi connectivity index (χ1) is 11.0. The molecule has 0 fully saturated rings. The molecule has 0 radical (unpaired) electrons. The minimum absolute atomic E-state index is 0.143. The molecule has 5 heteroatoms. The second kappa shape index (κ2) is 5.99. The molecule has 2 aromatic rings. The summed E-state index contributed by atoms with van der Waals surface area (Å²) in [5, 5.41) is 2.91. The summed E-state index contributed by atoms with van der Waals surface area (Å²) in [5.74, 6) is 2.56. The van der Waals surface area contributed by atoms with E-state index >= 15 is 0 Å². The molecule has 1 atom stereocenters. The number of carbonyl (C=O) groups excluding carboxylic acids is 1. The van der Waals surface area contributed by atoms with Gasteiger partial charge in [0, 0.05) is 18.1 Å². The van der Waals surface area contributed by atoms with E-state index in [-0.39, 0.29) is 12.0 Å². The maximum atomic E-state index is 12.5. The number of aryl methyl sites for hydroxylation is 2. The van der Waals surface area contributed by atoms with Crippen molar-refractivity contribution in [2.75, 3.05) is 11.9 Å². The second-order valence-corrected chi connectivity index (χ2v) is 5.80. The molecule has 0 saturated carbocycles.